The molecule has 88 valence electrons. The molecule has 2 fully saturated rings. The summed E-state index contributed by atoms with van der Waals surface area (Å²) < 4.78 is 0. The zero-order valence-corrected chi connectivity index (χ0v) is 10.8. The van der Waals surface area contributed by atoms with Crippen LogP contribution in [0.3, 0.4) is 0 Å². The van der Waals surface area contributed by atoms with Crippen molar-refractivity contribution in [2.24, 2.45) is 28.6 Å². The Morgan fingerprint density at radius 3 is 2.69 bits per heavy atom. The molecule has 3 rings (SSSR count). The van der Waals surface area contributed by atoms with Crippen LogP contribution < -0.4 is 0 Å². The van der Waals surface area contributed by atoms with Crippen LogP contribution >= 0.6 is 0 Å². The molecule has 0 saturated heterocycles. The van der Waals surface area contributed by atoms with Crippen molar-refractivity contribution < 1.29 is 4.79 Å². The standard InChI is InChI=1S/C15H22O/c1-9-7-11(16)8-10-5-6-12-13(14(12,2)3)15(9,10)4/h5,9,12-13H,6-8H2,1-4H3/t9-,12-,13+,15+/m1/s1. The molecule has 2 saturated carbocycles. The van der Waals surface area contributed by atoms with E-state index in [1.54, 1.807) is 0 Å². The highest BCUT2D eigenvalue weighted by Crippen LogP contribution is 2.74. The third-order valence-corrected chi connectivity index (χ3v) is 5.95. The molecule has 1 nitrogen and oxygen atoms in total. The summed E-state index contributed by atoms with van der Waals surface area (Å²) in [6, 6.07) is 0. The molecule has 0 amide bonds. The number of hydrogen-bond acceptors (Lipinski definition) is 1. The fraction of sp³-hybridized carbons (Fsp3) is 0.800. The molecule has 4 atom stereocenters. The normalized spacial score (nSPS) is 49.1. The number of carbonyl (C=O) groups is 1. The van der Waals surface area contributed by atoms with E-state index in [1.807, 2.05) is 0 Å². The lowest BCUT2D eigenvalue weighted by Gasteiger charge is -2.44. The first-order valence-corrected chi connectivity index (χ1v) is 6.59. The maximum atomic E-state index is 11.7. The van der Waals surface area contributed by atoms with Crippen LogP contribution in [0.25, 0.3) is 0 Å². The van der Waals surface area contributed by atoms with Crippen molar-refractivity contribution in [2.75, 3.05) is 0 Å². The molecule has 0 aromatic rings. The third kappa shape index (κ3) is 1.05. The SMILES string of the molecule is C[C@@H]1CC(=O)CC2=CC[C@@H]3[C@@H](C3(C)C)[C@]21C. The second-order valence-electron chi connectivity index (χ2n) is 6.97. The van der Waals surface area contributed by atoms with Crippen LogP contribution in [0.15, 0.2) is 11.6 Å². The molecule has 0 unspecified atom stereocenters. The number of hydrogen-bond donors (Lipinski definition) is 0. The van der Waals surface area contributed by atoms with E-state index in [4.69, 9.17) is 0 Å². The Kier molecular flexibility index (Phi) is 1.85. The first-order valence-electron chi connectivity index (χ1n) is 6.59. The number of fused-ring (bicyclic) bond motifs is 3. The molecule has 0 heterocycles. The van der Waals surface area contributed by atoms with E-state index < -0.39 is 0 Å². The van der Waals surface area contributed by atoms with Crippen LogP contribution in [0.5, 0.6) is 0 Å². The lowest BCUT2D eigenvalue weighted by atomic mass is 9.59. The molecule has 0 bridgehead atoms. The van der Waals surface area contributed by atoms with Crippen LogP contribution in [0.4, 0.5) is 0 Å². The lowest BCUT2D eigenvalue weighted by molar-refractivity contribution is -0.122. The monoisotopic (exact) mass is 218 g/mol. The van der Waals surface area contributed by atoms with Gasteiger partial charge in [0, 0.05) is 12.8 Å². The van der Waals surface area contributed by atoms with Crippen molar-refractivity contribution in [3.63, 3.8) is 0 Å². The van der Waals surface area contributed by atoms with Gasteiger partial charge in [0.15, 0.2) is 0 Å². The Labute approximate surface area is 98.3 Å². The largest absolute Gasteiger partial charge is 0.299 e. The van der Waals surface area contributed by atoms with Gasteiger partial charge in [0.05, 0.1) is 0 Å². The first kappa shape index (κ1) is 10.6. The summed E-state index contributed by atoms with van der Waals surface area (Å²) in [6.45, 7) is 9.52. The fourth-order valence-corrected chi connectivity index (χ4v) is 4.79. The number of Topliss-reactive ketones (excluding diaryl/α,β-unsaturated/α-hetero) is 1. The van der Waals surface area contributed by atoms with Crippen LogP contribution in [-0.2, 0) is 4.79 Å². The van der Waals surface area contributed by atoms with Crippen molar-refractivity contribution >= 4 is 5.78 Å². The summed E-state index contributed by atoms with van der Waals surface area (Å²) in [7, 11) is 0. The topological polar surface area (TPSA) is 17.1 Å². The molecule has 0 spiro atoms. The smallest absolute Gasteiger partial charge is 0.137 e. The quantitative estimate of drug-likeness (QED) is 0.568. The van der Waals surface area contributed by atoms with Gasteiger partial charge in [0.1, 0.15) is 5.78 Å². The number of carbonyl (C=O) groups excluding carboxylic acids is 1. The molecule has 0 radical (unpaired) electrons. The molecule has 0 N–H and O–H groups in total. The molecule has 0 aromatic heterocycles. The zero-order chi connectivity index (χ0) is 11.7. The third-order valence-electron chi connectivity index (χ3n) is 5.95. The van der Waals surface area contributed by atoms with E-state index in [2.05, 4.69) is 33.8 Å². The summed E-state index contributed by atoms with van der Waals surface area (Å²) in [5.41, 5.74) is 2.28. The van der Waals surface area contributed by atoms with Gasteiger partial charge >= 0.3 is 0 Å². The van der Waals surface area contributed by atoms with Gasteiger partial charge < -0.3 is 0 Å². The van der Waals surface area contributed by atoms with E-state index in [9.17, 15) is 4.79 Å². The van der Waals surface area contributed by atoms with E-state index >= 15 is 0 Å². The van der Waals surface area contributed by atoms with Gasteiger partial charge in [-0.3, -0.25) is 4.79 Å². The van der Waals surface area contributed by atoms with Gasteiger partial charge in [-0.2, -0.15) is 0 Å². The Morgan fingerprint density at radius 2 is 2.00 bits per heavy atom. The van der Waals surface area contributed by atoms with Gasteiger partial charge in [0.2, 0.25) is 0 Å². The van der Waals surface area contributed by atoms with Crippen molar-refractivity contribution in [1.29, 1.82) is 0 Å². The number of rotatable bonds is 0. The van der Waals surface area contributed by atoms with Gasteiger partial charge in [-0.05, 0) is 35.0 Å². The van der Waals surface area contributed by atoms with E-state index in [0.29, 0.717) is 22.5 Å². The highest BCUT2D eigenvalue weighted by atomic mass is 16.1. The van der Waals surface area contributed by atoms with Crippen LogP contribution in [-0.4, -0.2) is 5.78 Å². The minimum Gasteiger partial charge on any atom is -0.299 e. The van der Waals surface area contributed by atoms with Crippen molar-refractivity contribution in [3.05, 3.63) is 11.6 Å². The lowest BCUT2D eigenvalue weighted by Crippen LogP contribution is -2.39. The molecule has 0 aromatic carbocycles. The Morgan fingerprint density at radius 1 is 1.31 bits per heavy atom. The van der Waals surface area contributed by atoms with Crippen LogP contribution in [0.1, 0.15) is 47.0 Å². The fourth-order valence-electron chi connectivity index (χ4n) is 4.79. The molecule has 16 heavy (non-hydrogen) atoms. The van der Waals surface area contributed by atoms with Crippen LogP contribution in [0, 0.1) is 28.6 Å². The summed E-state index contributed by atoms with van der Waals surface area (Å²) in [4.78, 5) is 11.7. The first-order chi connectivity index (χ1) is 7.38. The summed E-state index contributed by atoms with van der Waals surface area (Å²) >= 11 is 0. The molecular weight excluding hydrogens is 196 g/mol. The zero-order valence-electron chi connectivity index (χ0n) is 10.8. The predicted molar refractivity (Wildman–Crippen MR) is 65.0 cm³/mol. The number of ketones is 1. The highest BCUT2D eigenvalue weighted by molar-refractivity contribution is 5.83. The molecular formula is C15H22O. The van der Waals surface area contributed by atoms with E-state index in [0.717, 1.165) is 24.7 Å². The molecule has 0 aliphatic heterocycles. The highest BCUT2D eigenvalue weighted by Gasteiger charge is 2.68. The Bertz CT molecular complexity index is 390. The molecule has 1 heteroatoms. The average molecular weight is 218 g/mol. The Hall–Kier alpha value is -0.590. The maximum Gasteiger partial charge on any atom is 0.137 e. The van der Waals surface area contributed by atoms with Gasteiger partial charge in [-0.25, -0.2) is 0 Å². The van der Waals surface area contributed by atoms with Gasteiger partial charge in [-0.1, -0.05) is 39.3 Å². The van der Waals surface area contributed by atoms with E-state index in [1.165, 1.54) is 12.0 Å². The van der Waals surface area contributed by atoms with Gasteiger partial charge in [-0.15, -0.1) is 0 Å². The second-order valence-corrected chi connectivity index (χ2v) is 6.97. The second kappa shape index (κ2) is 2.80. The van der Waals surface area contributed by atoms with Crippen LogP contribution in [0.2, 0.25) is 0 Å². The molecule has 3 aliphatic rings. The summed E-state index contributed by atoms with van der Waals surface area (Å²) in [5.74, 6) is 2.68. The summed E-state index contributed by atoms with van der Waals surface area (Å²) in [5, 5.41) is 0. The maximum absolute atomic E-state index is 11.7. The summed E-state index contributed by atoms with van der Waals surface area (Å²) in [6.07, 6.45) is 5.14. The van der Waals surface area contributed by atoms with Crippen molar-refractivity contribution in [2.45, 2.75) is 47.0 Å². The van der Waals surface area contributed by atoms with Crippen molar-refractivity contribution in [1.82, 2.24) is 0 Å². The van der Waals surface area contributed by atoms with Gasteiger partial charge in [0.25, 0.3) is 0 Å². The van der Waals surface area contributed by atoms with Crippen molar-refractivity contribution in [3.8, 4) is 0 Å². The minimum absolute atomic E-state index is 0.320. The average Bonchev–Trinajstić information content (AvgIpc) is 2.73. The Balaban J connectivity index is 2.03. The number of allylic oxidation sites excluding steroid dienone is 2. The molecule has 3 aliphatic carbocycles. The predicted octanol–water partition coefficient (Wildman–Crippen LogP) is 3.59. The minimum atomic E-state index is 0.320. The van der Waals surface area contributed by atoms with E-state index in [-0.39, 0.29) is 0 Å².